The molecule has 0 radical (unpaired) electrons. The number of nitrogens with one attached hydrogen (secondary N) is 1. The van der Waals surface area contributed by atoms with Crippen molar-refractivity contribution >= 4 is 28.6 Å². The molecule has 1 aromatic carbocycles. The maximum absolute atomic E-state index is 13.7. The molecule has 1 N–H and O–H groups in total. The second-order valence-corrected chi connectivity index (χ2v) is 5.83. The molecule has 0 spiro atoms. The Balaban J connectivity index is 2.09. The van der Waals surface area contributed by atoms with E-state index in [-0.39, 0.29) is 17.6 Å². The zero-order valence-electron chi connectivity index (χ0n) is 10.7. The van der Waals surface area contributed by atoms with Gasteiger partial charge in [0.1, 0.15) is 0 Å². The summed E-state index contributed by atoms with van der Waals surface area (Å²) in [6.07, 6.45) is 0. The molecule has 2 aromatic rings. The molecular weight excluding hydrogens is 285 g/mol. The summed E-state index contributed by atoms with van der Waals surface area (Å²) in [5, 5.41) is 3.24. The molecular formula is C14H15ClFNOS. The first kappa shape index (κ1) is 14.2. The Kier molecular flexibility index (Phi) is 4.66. The summed E-state index contributed by atoms with van der Waals surface area (Å²) in [6, 6.07) is 8.79. The van der Waals surface area contributed by atoms with Gasteiger partial charge in [-0.1, -0.05) is 11.6 Å². The van der Waals surface area contributed by atoms with Crippen LogP contribution in [-0.2, 0) is 0 Å². The van der Waals surface area contributed by atoms with Crippen LogP contribution < -0.4 is 10.1 Å². The molecule has 2 rings (SSSR count). The third-order valence-electron chi connectivity index (χ3n) is 2.64. The standard InChI is InChI=1S/C14H15ClFNOS/c1-3-18-12-5-4-10(8-11(12)16)17-9(2)13-6-7-14(15)19-13/h4-9,17H,3H2,1-2H3. The summed E-state index contributed by atoms with van der Waals surface area (Å²) in [6.45, 7) is 4.29. The van der Waals surface area contributed by atoms with Crippen LogP contribution in [0, 0.1) is 5.82 Å². The SMILES string of the molecule is CCOc1ccc(NC(C)c2ccc(Cl)s2)cc1F. The number of hydrogen-bond donors (Lipinski definition) is 1. The van der Waals surface area contributed by atoms with Crippen molar-refractivity contribution in [3.05, 3.63) is 45.4 Å². The molecule has 0 saturated heterocycles. The van der Waals surface area contributed by atoms with E-state index in [0.717, 1.165) is 14.9 Å². The highest BCUT2D eigenvalue weighted by molar-refractivity contribution is 7.16. The molecule has 1 unspecified atom stereocenters. The van der Waals surface area contributed by atoms with Crippen LogP contribution in [-0.4, -0.2) is 6.61 Å². The molecule has 0 amide bonds. The third kappa shape index (κ3) is 3.61. The van der Waals surface area contributed by atoms with Crippen LogP contribution in [0.15, 0.2) is 30.3 Å². The van der Waals surface area contributed by atoms with Crippen molar-refractivity contribution in [2.75, 3.05) is 11.9 Å². The van der Waals surface area contributed by atoms with Crippen molar-refractivity contribution < 1.29 is 9.13 Å². The fourth-order valence-electron chi connectivity index (χ4n) is 1.75. The van der Waals surface area contributed by atoms with Gasteiger partial charge in [0.05, 0.1) is 17.0 Å². The Morgan fingerprint density at radius 1 is 1.37 bits per heavy atom. The zero-order chi connectivity index (χ0) is 13.8. The highest BCUT2D eigenvalue weighted by atomic mass is 35.5. The lowest BCUT2D eigenvalue weighted by molar-refractivity contribution is 0.321. The minimum absolute atomic E-state index is 0.0786. The van der Waals surface area contributed by atoms with Gasteiger partial charge in [-0.15, -0.1) is 11.3 Å². The maximum atomic E-state index is 13.7. The second kappa shape index (κ2) is 6.26. The van der Waals surface area contributed by atoms with Gasteiger partial charge in [0.2, 0.25) is 0 Å². The van der Waals surface area contributed by atoms with Crippen LogP contribution in [0.2, 0.25) is 4.34 Å². The molecule has 0 aliphatic heterocycles. The van der Waals surface area contributed by atoms with Crippen molar-refractivity contribution in [2.45, 2.75) is 19.9 Å². The van der Waals surface area contributed by atoms with E-state index in [1.54, 1.807) is 12.1 Å². The number of hydrogen-bond acceptors (Lipinski definition) is 3. The van der Waals surface area contributed by atoms with E-state index in [1.165, 1.54) is 17.4 Å². The van der Waals surface area contributed by atoms with Crippen LogP contribution in [0.25, 0.3) is 0 Å². The Hall–Kier alpha value is -1.26. The van der Waals surface area contributed by atoms with Gasteiger partial charge in [0.25, 0.3) is 0 Å². The normalized spacial score (nSPS) is 12.2. The molecule has 102 valence electrons. The molecule has 19 heavy (non-hydrogen) atoms. The fourth-order valence-corrected chi connectivity index (χ4v) is 2.81. The molecule has 0 fully saturated rings. The van der Waals surface area contributed by atoms with Gasteiger partial charge < -0.3 is 10.1 Å². The number of halogens is 2. The number of anilines is 1. The third-order valence-corrected chi connectivity index (χ3v) is 4.05. The van der Waals surface area contributed by atoms with Gasteiger partial charge in [0, 0.05) is 16.6 Å². The minimum Gasteiger partial charge on any atom is -0.491 e. The van der Waals surface area contributed by atoms with Gasteiger partial charge in [0.15, 0.2) is 11.6 Å². The van der Waals surface area contributed by atoms with E-state index >= 15 is 0 Å². The van der Waals surface area contributed by atoms with Gasteiger partial charge in [-0.3, -0.25) is 0 Å². The molecule has 0 aliphatic carbocycles. The van der Waals surface area contributed by atoms with Crippen molar-refractivity contribution in [2.24, 2.45) is 0 Å². The predicted molar refractivity (Wildman–Crippen MR) is 78.9 cm³/mol. The van der Waals surface area contributed by atoms with E-state index in [4.69, 9.17) is 16.3 Å². The Labute approximate surface area is 121 Å². The van der Waals surface area contributed by atoms with E-state index in [2.05, 4.69) is 5.32 Å². The molecule has 0 bridgehead atoms. The van der Waals surface area contributed by atoms with Crippen LogP contribution >= 0.6 is 22.9 Å². The minimum atomic E-state index is -0.358. The van der Waals surface area contributed by atoms with E-state index in [9.17, 15) is 4.39 Å². The predicted octanol–water partition coefficient (Wildman–Crippen LogP) is 5.11. The first-order chi connectivity index (χ1) is 9.10. The molecule has 1 aromatic heterocycles. The number of rotatable bonds is 5. The highest BCUT2D eigenvalue weighted by Crippen LogP contribution is 2.30. The van der Waals surface area contributed by atoms with Crippen molar-refractivity contribution in [3.63, 3.8) is 0 Å². The summed E-state index contributed by atoms with van der Waals surface area (Å²) in [5.41, 5.74) is 0.720. The summed E-state index contributed by atoms with van der Waals surface area (Å²) < 4.78 is 19.6. The Morgan fingerprint density at radius 3 is 2.74 bits per heavy atom. The molecule has 1 heterocycles. The largest absolute Gasteiger partial charge is 0.491 e. The average Bonchev–Trinajstić information content (AvgIpc) is 2.80. The van der Waals surface area contributed by atoms with Crippen LogP contribution in [0.1, 0.15) is 24.8 Å². The summed E-state index contributed by atoms with van der Waals surface area (Å²) in [5.74, 6) is -0.0804. The molecule has 5 heteroatoms. The lowest BCUT2D eigenvalue weighted by Crippen LogP contribution is -2.05. The lowest BCUT2D eigenvalue weighted by atomic mass is 10.2. The fraction of sp³-hybridized carbons (Fsp3) is 0.286. The first-order valence-electron chi connectivity index (χ1n) is 6.04. The quantitative estimate of drug-likeness (QED) is 0.828. The maximum Gasteiger partial charge on any atom is 0.167 e. The molecule has 2 nitrogen and oxygen atoms in total. The molecule has 0 saturated carbocycles. The van der Waals surface area contributed by atoms with Crippen molar-refractivity contribution in [1.29, 1.82) is 0 Å². The van der Waals surface area contributed by atoms with Gasteiger partial charge >= 0.3 is 0 Å². The van der Waals surface area contributed by atoms with Gasteiger partial charge in [-0.05, 0) is 38.1 Å². The molecule has 0 aliphatic rings. The monoisotopic (exact) mass is 299 g/mol. The second-order valence-electron chi connectivity index (χ2n) is 4.09. The topological polar surface area (TPSA) is 21.3 Å². The highest BCUT2D eigenvalue weighted by Gasteiger charge is 2.10. The summed E-state index contributed by atoms with van der Waals surface area (Å²) >= 11 is 7.42. The van der Waals surface area contributed by atoms with Crippen LogP contribution in [0.3, 0.4) is 0 Å². The Bertz CT molecular complexity index is 558. The van der Waals surface area contributed by atoms with Gasteiger partial charge in [-0.2, -0.15) is 0 Å². The van der Waals surface area contributed by atoms with Crippen LogP contribution in [0.4, 0.5) is 10.1 Å². The van der Waals surface area contributed by atoms with E-state index < -0.39 is 0 Å². The zero-order valence-corrected chi connectivity index (χ0v) is 12.3. The van der Waals surface area contributed by atoms with Crippen molar-refractivity contribution in [1.82, 2.24) is 0 Å². The smallest absolute Gasteiger partial charge is 0.167 e. The summed E-state index contributed by atoms with van der Waals surface area (Å²) in [4.78, 5) is 1.11. The summed E-state index contributed by atoms with van der Waals surface area (Å²) in [7, 11) is 0. The number of ether oxygens (including phenoxy) is 1. The average molecular weight is 300 g/mol. The lowest BCUT2D eigenvalue weighted by Gasteiger charge is -2.14. The first-order valence-corrected chi connectivity index (χ1v) is 7.23. The Morgan fingerprint density at radius 2 is 2.16 bits per heavy atom. The number of benzene rings is 1. The number of thiophene rings is 1. The van der Waals surface area contributed by atoms with E-state index in [0.29, 0.717) is 6.61 Å². The van der Waals surface area contributed by atoms with E-state index in [1.807, 2.05) is 26.0 Å². The molecule has 1 atom stereocenters. The van der Waals surface area contributed by atoms with Gasteiger partial charge in [-0.25, -0.2) is 4.39 Å². The van der Waals surface area contributed by atoms with Crippen molar-refractivity contribution in [3.8, 4) is 5.75 Å². The van der Waals surface area contributed by atoms with Crippen LogP contribution in [0.5, 0.6) is 5.75 Å².